The second kappa shape index (κ2) is 4.83. The highest BCUT2D eigenvalue weighted by atomic mass is 16.2. The maximum Gasteiger partial charge on any atom is 0.249 e. The molecule has 0 radical (unpaired) electrons. The van der Waals surface area contributed by atoms with Gasteiger partial charge in [-0.1, -0.05) is 0 Å². The van der Waals surface area contributed by atoms with Gasteiger partial charge in [-0.3, -0.25) is 9.79 Å². The molecule has 4 nitrogen and oxygen atoms in total. The molecule has 3 heterocycles. The molecule has 3 aliphatic heterocycles. The average Bonchev–Trinajstić information content (AvgIpc) is 2.83. The van der Waals surface area contributed by atoms with Gasteiger partial charge in [-0.2, -0.15) is 0 Å². The predicted molar refractivity (Wildman–Crippen MR) is 75.9 cm³/mol. The van der Waals surface area contributed by atoms with E-state index < -0.39 is 0 Å². The van der Waals surface area contributed by atoms with Gasteiger partial charge >= 0.3 is 0 Å². The van der Waals surface area contributed by atoms with Crippen LogP contribution in [0.5, 0.6) is 0 Å². The molecular weight excluding hydrogens is 238 g/mol. The Kier molecular flexibility index (Phi) is 3.17. The third kappa shape index (κ3) is 2.31. The van der Waals surface area contributed by atoms with Gasteiger partial charge in [-0.15, -0.1) is 0 Å². The van der Waals surface area contributed by atoms with Crippen molar-refractivity contribution in [1.29, 1.82) is 0 Å². The van der Waals surface area contributed by atoms with Crippen LogP contribution in [-0.4, -0.2) is 47.2 Å². The number of nitrogens with zero attached hydrogens (tertiary/aromatic N) is 3. The van der Waals surface area contributed by atoms with E-state index in [0.29, 0.717) is 6.54 Å². The third-order valence-corrected chi connectivity index (χ3v) is 4.09. The topological polar surface area (TPSA) is 35.9 Å². The first-order chi connectivity index (χ1) is 9.15. The lowest BCUT2D eigenvalue weighted by molar-refractivity contribution is -0.133. The summed E-state index contributed by atoms with van der Waals surface area (Å²) < 4.78 is 0. The smallest absolute Gasteiger partial charge is 0.249 e. The Hall–Kier alpha value is -1.58. The van der Waals surface area contributed by atoms with E-state index in [1.54, 1.807) is 0 Å². The molecule has 0 saturated carbocycles. The van der Waals surface area contributed by atoms with Gasteiger partial charge in [0.15, 0.2) is 0 Å². The number of carbonyl (C=O) groups excluding carboxylic acids is 1. The molecular formula is C15H21N3O. The maximum atomic E-state index is 12.5. The zero-order valence-corrected chi connectivity index (χ0v) is 11.7. The van der Waals surface area contributed by atoms with Crippen LogP contribution in [0, 0.1) is 0 Å². The average molecular weight is 259 g/mol. The molecule has 1 unspecified atom stereocenters. The normalized spacial score (nSPS) is 26.6. The quantitative estimate of drug-likeness (QED) is 0.721. The molecule has 0 aromatic carbocycles. The summed E-state index contributed by atoms with van der Waals surface area (Å²) in [5.74, 6) is 1.16. The Bertz CT molecular complexity index is 484. The molecule has 3 aliphatic rings. The maximum absolute atomic E-state index is 12.5. The van der Waals surface area contributed by atoms with Crippen LogP contribution in [0.3, 0.4) is 0 Å². The first kappa shape index (κ1) is 12.5. The van der Waals surface area contributed by atoms with Crippen LogP contribution in [0.2, 0.25) is 0 Å². The lowest BCUT2D eigenvalue weighted by atomic mass is 10.1. The molecule has 0 spiro atoms. The van der Waals surface area contributed by atoms with Crippen LogP contribution in [0.25, 0.3) is 0 Å². The molecule has 1 fully saturated rings. The molecule has 0 aromatic heterocycles. The molecule has 0 aliphatic carbocycles. The van der Waals surface area contributed by atoms with Crippen LogP contribution in [0.4, 0.5) is 0 Å². The number of likely N-dealkylation sites (tertiary alicyclic amines) is 1. The minimum absolute atomic E-state index is 0.209. The Balaban J connectivity index is 1.75. The van der Waals surface area contributed by atoms with Crippen molar-refractivity contribution in [3.8, 4) is 0 Å². The minimum Gasteiger partial charge on any atom is -0.341 e. The minimum atomic E-state index is -0.210. The van der Waals surface area contributed by atoms with E-state index >= 15 is 0 Å². The van der Waals surface area contributed by atoms with Gasteiger partial charge in [0.25, 0.3) is 0 Å². The van der Waals surface area contributed by atoms with Gasteiger partial charge in [-0.05, 0) is 50.8 Å². The zero-order valence-electron chi connectivity index (χ0n) is 11.7. The first-order valence-electron chi connectivity index (χ1n) is 7.16. The van der Waals surface area contributed by atoms with Crippen LogP contribution in [0.15, 0.2) is 28.4 Å². The summed E-state index contributed by atoms with van der Waals surface area (Å²) in [7, 11) is 0. The van der Waals surface area contributed by atoms with E-state index in [0.717, 1.165) is 31.8 Å². The van der Waals surface area contributed by atoms with Crippen LogP contribution in [-0.2, 0) is 4.79 Å². The number of amides is 1. The number of hydrogen-bond acceptors (Lipinski definition) is 3. The number of fused-ring (bicyclic) bond motifs is 1. The number of carbonyl (C=O) groups is 1. The van der Waals surface area contributed by atoms with Crippen molar-refractivity contribution in [2.45, 2.75) is 39.2 Å². The van der Waals surface area contributed by atoms with Gasteiger partial charge in [0.1, 0.15) is 11.9 Å². The Morgan fingerprint density at radius 2 is 1.95 bits per heavy atom. The third-order valence-electron chi connectivity index (χ3n) is 4.09. The number of allylic oxidation sites excluding steroid dienone is 3. The zero-order chi connectivity index (χ0) is 13.4. The number of piperidine rings is 1. The van der Waals surface area contributed by atoms with Gasteiger partial charge in [-0.25, -0.2) is 0 Å². The van der Waals surface area contributed by atoms with Crippen molar-refractivity contribution in [3.05, 3.63) is 23.4 Å². The molecule has 3 rings (SSSR count). The van der Waals surface area contributed by atoms with Crippen LogP contribution in [0.1, 0.15) is 33.1 Å². The van der Waals surface area contributed by atoms with Gasteiger partial charge in [0.05, 0.1) is 6.54 Å². The largest absolute Gasteiger partial charge is 0.341 e. The van der Waals surface area contributed by atoms with Crippen molar-refractivity contribution >= 4 is 11.7 Å². The highest BCUT2D eigenvalue weighted by Gasteiger charge is 2.34. The number of hydrogen-bond donors (Lipinski definition) is 0. The fourth-order valence-corrected chi connectivity index (χ4v) is 3.09. The second-order valence-electron chi connectivity index (χ2n) is 5.67. The molecule has 0 aromatic rings. The summed E-state index contributed by atoms with van der Waals surface area (Å²) in [4.78, 5) is 21.2. The number of amidine groups is 1. The predicted octanol–water partition coefficient (Wildman–Crippen LogP) is 1.95. The summed E-state index contributed by atoms with van der Waals surface area (Å²) in [6.45, 7) is 6.67. The standard InChI is InChI=1S/C15H21N3O/c1-11-8-12(2)18-10-13(16-14(18)9-11)15(19)17-6-4-3-5-7-17/h8-9,13H,3-7,10H2,1-2H3. The second-order valence-corrected chi connectivity index (χ2v) is 5.67. The molecule has 4 heteroatoms. The molecule has 1 atom stereocenters. The van der Waals surface area contributed by atoms with E-state index in [2.05, 4.69) is 35.9 Å². The van der Waals surface area contributed by atoms with E-state index in [1.807, 2.05) is 4.90 Å². The van der Waals surface area contributed by atoms with Crippen molar-refractivity contribution < 1.29 is 4.79 Å². The lowest BCUT2D eigenvalue weighted by Crippen LogP contribution is -2.43. The highest BCUT2D eigenvalue weighted by molar-refractivity contribution is 6.00. The van der Waals surface area contributed by atoms with Crippen molar-refractivity contribution in [2.75, 3.05) is 19.6 Å². The van der Waals surface area contributed by atoms with E-state index in [9.17, 15) is 4.79 Å². The Morgan fingerprint density at radius 3 is 2.68 bits per heavy atom. The summed E-state index contributed by atoms with van der Waals surface area (Å²) >= 11 is 0. The fraction of sp³-hybridized carbons (Fsp3) is 0.600. The molecule has 0 bridgehead atoms. The molecule has 1 amide bonds. The van der Waals surface area contributed by atoms with E-state index in [4.69, 9.17) is 0 Å². The summed E-state index contributed by atoms with van der Waals surface area (Å²) in [6, 6.07) is -0.210. The van der Waals surface area contributed by atoms with E-state index in [1.165, 1.54) is 17.7 Å². The van der Waals surface area contributed by atoms with Crippen LogP contribution >= 0.6 is 0 Å². The van der Waals surface area contributed by atoms with Gasteiger partial charge < -0.3 is 9.80 Å². The molecule has 19 heavy (non-hydrogen) atoms. The van der Waals surface area contributed by atoms with Crippen molar-refractivity contribution in [3.63, 3.8) is 0 Å². The highest BCUT2D eigenvalue weighted by Crippen LogP contribution is 2.24. The van der Waals surface area contributed by atoms with Gasteiger partial charge in [0, 0.05) is 18.8 Å². The molecule has 102 valence electrons. The Labute approximate surface area is 114 Å². The van der Waals surface area contributed by atoms with Crippen molar-refractivity contribution in [1.82, 2.24) is 9.80 Å². The summed E-state index contributed by atoms with van der Waals surface area (Å²) in [5.41, 5.74) is 2.39. The molecule has 0 N–H and O–H groups in total. The first-order valence-corrected chi connectivity index (χ1v) is 7.16. The van der Waals surface area contributed by atoms with Gasteiger partial charge in [0.2, 0.25) is 5.91 Å². The summed E-state index contributed by atoms with van der Waals surface area (Å²) in [6.07, 6.45) is 7.73. The summed E-state index contributed by atoms with van der Waals surface area (Å²) in [5, 5.41) is 0. The van der Waals surface area contributed by atoms with Crippen LogP contribution < -0.4 is 0 Å². The van der Waals surface area contributed by atoms with E-state index in [-0.39, 0.29) is 11.9 Å². The monoisotopic (exact) mass is 259 g/mol. The fourth-order valence-electron chi connectivity index (χ4n) is 3.09. The Morgan fingerprint density at radius 1 is 1.21 bits per heavy atom. The number of aliphatic imine (C=N–C) groups is 1. The number of rotatable bonds is 1. The SMILES string of the molecule is CC1=CC2=NC(C(=O)N3CCCCC3)CN2C(C)=C1. The lowest BCUT2D eigenvalue weighted by Gasteiger charge is -2.29. The molecule has 1 saturated heterocycles. The van der Waals surface area contributed by atoms with Crippen molar-refractivity contribution in [2.24, 2.45) is 4.99 Å².